The zero-order valence-corrected chi connectivity index (χ0v) is 32.8. The van der Waals surface area contributed by atoms with Crippen molar-refractivity contribution >= 4 is 11.8 Å². The van der Waals surface area contributed by atoms with Crippen molar-refractivity contribution in [1.29, 1.82) is 0 Å². The number of amides is 2. The molecule has 0 saturated carbocycles. The van der Waals surface area contributed by atoms with E-state index in [9.17, 15) is 9.59 Å². The number of unbranched alkanes of at least 4 members (excludes halogenated alkanes) is 1. The van der Waals surface area contributed by atoms with Gasteiger partial charge in [0.05, 0.1) is 16.8 Å². The van der Waals surface area contributed by atoms with Crippen LogP contribution in [-0.2, 0) is 24.8 Å². The van der Waals surface area contributed by atoms with Crippen LogP contribution in [-0.4, -0.2) is 53.4 Å². The Bertz CT molecular complexity index is 2590. The highest BCUT2D eigenvalue weighted by atomic mass is 16.2. The summed E-state index contributed by atoms with van der Waals surface area (Å²) in [6, 6.07) is 55.1. The minimum Gasteiger partial charge on any atom is -0.345 e. The van der Waals surface area contributed by atoms with Gasteiger partial charge in [0.25, 0.3) is 11.8 Å². The normalized spacial score (nSPS) is 12.6. The molecule has 1 aliphatic heterocycles. The number of benzene rings is 6. The molecule has 0 fully saturated rings. The third kappa shape index (κ3) is 6.95. The number of tetrazole rings is 1. The van der Waals surface area contributed by atoms with Gasteiger partial charge in [-0.1, -0.05) is 165 Å². The summed E-state index contributed by atoms with van der Waals surface area (Å²) < 4.78 is 1.97. The van der Waals surface area contributed by atoms with E-state index >= 15 is 0 Å². The fourth-order valence-corrected chi connectivity index (χ4v) is 8.40. The largest absolute Gasteiger partial charge is 0.345 e. The number of hydrogen-bond acceptors (Lipinski definition) is 6. The topological polar surface area (TPSA) is 110 Å². The van der Waals surface area contributed by atoms with Crippen LogP contribution >= 0.6 is 0 Å². The first-order chi connectivity index (χ1) is 29.1. The van der Waals surface area contributed by atoms with Crippen LogP contribution < -0.4 is 0 Å². The van der Waals surface area contributed by atoms with E-state index in [1.54, 1.807) is 24.3 Å². The van der Waals surface area contributed by atoms with Crippen molar-refractivity contribution in [2.45, 2.75) is 44.6 Å². The van der Waals surface area contributed by atoms with Crippen molar-refractivity contribution in [1.82, 2.24) is 35.1 Å². The fraction of sp³-hybridized carbons (Fsp3) is 0.160. The number of nitrogens with zero attached hydrogens (tertiary/aromatic N) is 6. The second kappa shape index (κ2) is 16.3. The maximum atomic E-state index is 13.1. The minimum atomic E-state index is -0.878. The van der Waals surface area contributed by atoms with Crippen molar-refractivity contribution in [3.8, 4) is 22.5 Å². The van der Waals surface area contributed by atoms with Crippen molar-refractivity contribution in [3.63, 3.8) is 0 Å². The van der Waals surface area contributed by atoms with Crippen LogP contribution in [0.4, 0.5) is 0 Å². The molecule has 9 nitrogen and oxygen atoms in total. The smallest absolute Gasteiger partial charge is 0.261 e. The number of imidazole rings is 1. The molecule has 8 aromatic rings. The molecule has 9 rings (SSSR count). The molecule has 1 aliphatic rings. The summed E-state index contributed by atoms with van der Waals surface area (Å²) in [6.07, 6.45) is 4.02. The SMILES string of the molecule is CCCCc1nc(CCN2C(=O)c3ccccc3C2=O)c(Cc2ccc(-c3ccccc3-c3nnnn3C(c3ccccc3)(c3ccccc3)c3ccccc3)cc2)[nH]1. The van der Waals surface area contributed by atoms with Crippen molar-refractivity contribution in [2.24, 2.45) is 0 Å². The van der Waals surface area contributed by atoms with Gasteiger partial charge in [-0.05, 0) is 62.4 Å². The van der Waals surface area contributed by atoms with Crippen LogP contribution in [0.3, 0.4) is 0 Å². The lowest BCUT2D eigenvalue weighted by atomic mass is 9.77. The van der Waals surface area contributed by atoms with Crippen LogP contribution in [0.5, 0.6) is 0 Å². The first kappa shape index (κ1) is 37.3. The second-order valence-electron chi connectivity index (χ2n) is 14.9. The lowest BCUT2D eigenvalue weighted by Crippen LogP contribution is -2.39. The van der Waals surface area contributed by atoms with Gasteiger partial charge >= 0.3 is 0 Å². The van der Waals surface area contributed by atoms with Gasteiger partial charge in [-0.2, -0.15) is 0 Å². The molecule has 3 heterocycles. The van der Waals surface area contributed by atoms with Gasteiger partial charge in [0.15, 0.2) is 5.82 Å². The van der Waals surface area contributed by atoms with Crippen molar-refractivity contribution in [2.75, 3.05) is 6.54 Å². The summed E-state index contributed by atoms with van der Waals surface area (Å²) in [5.74, 6) is 1.08. The Balaban J connectivity index is 1.04. The predicted octanol–water partition coefficient (Wildman–Crippen LogP) is 9.34. The predicted molar refractivity (Wildman–Crippen MR) is 229 cm³/mol. The number of aromatic nitrogens is 6. The number of aromatic amines is 1. The quantitative estimate of drug-likeness (QED) is 0.0872. The number of H-pyrrole nitrogens is 1. The molecule has 0 spiro atoms. The standard InChI is InChI=1S/C50H43N7O2/c1-2-3-27-46-51-44(32-33-56-48(58)42-25-15-16-26-43(42)49(56)59)45(52-46)34-35-28-30-36(31-29-35)40-23-13-14-24-41(40)47-53-54-55-57(47)50(37-17-7-4-8-18-37,38-19-9-5-10-20-38)39-21-11-6-12-22-39/h4-26,28-31H,2-3,27,32-34H2,1H3,(H,51,52). The summed E-state index contributed by atoms with van der Waals surface area (Å²) in [6.45, 7) is 2.44. The Labute approximate surface area is 343 Å². The molecule has 2 aromatic heterocycles. The number of imide groups is 1. The van der Waals surface area contributed by atoms with Crippen molar-refractivity contribution in [3.05, 3.63) is 214 Å². The molecule has 2 amide bonds. The number of nitrogens with one attached hydrogen (secondary N) is 1. The zero-order chi connectivity index (χ0) is 40.2. The van der Waals surface area contributed by atoms with Gasteiger partial charge in [0, 0.05) is 37.1 Å². The first-order valence-corrected chi connectivity index (χ1v) is 20.2. The maximum Gasteiger partial charge on any atom is 0.261 e. The number of rotatable bonds is 14. The van der Waals surface area contributed by atoms with Gasteiger partial charge < -0.3 is 4.98 Å². The average Bonchev–Trinajstić information content (AvgIpc) is 4.00. The van der Waals surface area contributed by atoms with E-state index < -0.39 is 5.54 Å². The van der Waals surface area contributed by atoms with Crippen LogP contribution in [0, 0.1) is 0 Å². The second-order valence-corrected chi connectivity index (χ2v) is 14.9. The van der Waals surface area contributed by atoms with E-state index in [1.807, 2.05) is 35.0 Å². The highest BCUT2D eigenvalue weighted by Gasteiger charge is 2.42. The molecule has 0 saturated heterocycles. The summed E-state index contributed by atoms with van der Waals surface area (Å²) in [7, 11) is 0. The molecule has 0 radical (unpaired) electrons. The summed E-state index contributed by atoms with van der Waals surface area (Å²) in [5, 5.41) is 13.9. The van der Waals surface area contributed by atoms with E-state index in [0.29, 0.717) is 29.8 Å². The molecule has 9 heteroatoms. The Hall–Kier alpha value is -7.26. The molecule has 1 N–H and O–H groups in total. The lowest BCUT2D eigenvalue weighted by Gasteiger charge is -2.36. The maximum absolute atomic E-state index is 13.1. The molecule has 6 aromatic carbocycles. The zero-order valence-electron chi connectivity index (χ0n) is 32.8. The summed E-state index contributed by atoms with van der Waals surface area (Å²) >= 11 is 0. The number of hydrogen-bond donors (Lipinski definition) is 1. The number of carbonyl (C=O) groups is 2. The average molecular weight is 774 g/mol. The van der Waals surface area contributed by atoms with Crippen LogP contribution in [0.25, 0.3) is 22.5 Å². The monoisotopic (exact) mass is 773 g/mol. The fourth-order valence-electron chi connectivity index (χ4n) is 8.40. The number of aryl methyl sites for hydroxylation is 1. The minimum absolute atomic E-state index is 0.246. The molecule has 0 bridgehead atoms. The van der Waals surface area contributed by atoms with E-state index in [4.69, 9.17) is 15.3 Å². The van der Waals surface area contributed by atoms with Crippen LogP contribution in [0.15, 0.2) is 164 Å². The van der Waals surface area contributed by atoms with E-state index in [2.05, 4.69) is 126 Å². The molecule has 0 aliphatic carbocycles. The van der Waals surface area contributed by atoms with E-state index in [1.165, 1.54) is 4.90 Å². The molecular weight excluding hydrogens is 731 g/mol. The highest BCUT2D eigenvalue weighted by Crippen LogP contribution is 2.43. The molecular formula is C50H43N7O2. The Morgan fingerprint density at radius 2 is 1.12 bits per heavy atom. The Kier molecular flexibility index (Phi) is 10.3. The van der Waals surface area contributed by atoms with Crippen molar-refractivity contribution < 1.29 is 9.59 Å². The van der Waals surface area contributed by atoms with Gasteiger partial charge in [0.1, 0.15) is 11.4 Å². The molecule has 59 heavy (non-hydrogen) atoms. The molecule has 0 unspecified atom stereocenters. The van der Waals surface area contributed by atoms with Gasteiger partial charge in [-0.3, -0.25) is 14.5 Å². The first-order valence-electron chi connectivity index (χ1n) is 20.2. The molecule has 0 atom stereocenters. The van der Waals surface area contributed by atoms with Gasteiger partial charge in [-0.25, -0.2) is 9.67 Å². The third-order valence-corrected chi connectivity index (χ3v) is 11.3. The van der Waals surface area contributed by atoms with E-state index in [0.717, 1.165) is 75.4 Å². The number of fused-ring (bicyclic) bond motifs is 1. The molecule has 290 valence electrons. The van der Waals surface area contributed by atoms with Gasteiger partial charge in [0.2, 0.25) is 0 Å². The summed E-state index contributed by atoms with van der Waals surface area (Å²) in [4.78, 5) is 36.2. The lowest BCUT2D eigenvalue weighted by molar-refractivity contribution is 0.0655. The third-order valence-electron chi connectivity index (χ3n) is 11.3. The van der Waals surface area contributed by atoms with Crippen LogP contribution in [0.1, 0.15) is 79.9 Å². The summed E-state index contributed by atoms with van der Waals surface area (Å²) in [5.41, 5.74) is 9.08. The number of carbonyl (C=O) groups excluding carboxylic acids is 2. The van der Waals surface area contributed by atoms with Gasteiger partial charge in [-0.15, -0.1) is 5.10 Å². The highest BCUT2D eigenvalue weighted by molar-refractivity contribution is 6.21. The Morgan fingerprint density at radius 3 is 1.68 bits per heavy atom. The Morgan fingerprint density at radius 1 is 0.593 bits per heavy atom. The van der Waals surface area contributed by atoms with E-state index in [-0.39, 0.29) is 18.4 Å². The van der Waals surface area contributed by atoms with Crippen LogP contribution in [0.2, 0.25) is 0 Å².